The van der Waals surface area contributed by atoms with E-state index in [1.165, 1.54) is 7.11 Å². The molecule has 250 valence electrons. The fraction of sp³-hybridized carbons (Fsp3) is 0.314. The van der Waals surface area contributed by atoms with E-state index in [0.717, 1.165) is 70.7 Å². The number of aliphatic imine (C=N–C) groups is 1. The second-order valence-electron chi connectivity index (χ2n) is 11.4. The lowest BCUT2D eigenvalue weighted by molar-refractivity contribution is -0.139. The van der Waals surface area contributed by atoms with Crippen molar-refractivity contribution >= 4 is 39.3 Å². The number of aliphatic hydroxyl groups is 1. The van der Waals surface area contributed by atoms with Gasteiger partial charge in [-0.15, -0.1) is 0 Å². The zero-order valence-corrected chi connectivity index (χ0v) is 28.8. The average molecular weight is 737 g/mol. The zero-order valence-electron chi connectivity index (χ0n) is 26.4. The molecule has 6 rings (SSSR count). The number of rotatable bonds is 13. The lowest BCUT2D eigenvalue weighted by Crippen LogP contribution is -2.28. The number of hydrogen-bond acceptors (Lipinski definition) is 10. The molecule has 1 aliphatic heterocycles. The second kappa shape index (κ2) is 14.9. The summed E-state index contributed by atoms with van der Waals surface area (Å²) in [7, 11) is 3.13. The number of carboxylic acids is 1. The number of aliphatic hydroxyl groups excluding tert-OH is 1. The van der Waals surface area contributed by atoms with Crippen LogP contribution in [0.4, 0.5) is 0 Å². The van der Waals surface area contributed by atoms with Crippen LogP contribution in [0.25, 0.3) is 22.4 Å². The number of fused-ring (bicyclic) bond motifs is 1. The SMILES string of the molecule is COc1nc(O[C@H]2CCc3c(-c4cccc(-c5ccc(C6=NCCN6)c(OC)n5)c4Cl)cccc32)c(Br)cc1CNC[C@@H](O)CC(=O)O. The summed E-state index contributed by atoms with van der Waals surface area (Å²) in [5.74, 6) is 0.972. The molecule has 2 aromatic heterocycles. The van der Waals surface area contributed by atoms with Crippen LogP contribution < -0.4 is 24.8 Å². The molecule has 3 heterocycles. The fourth-order valence-electron chi connectivity index (χ4n) is 6.10. The summed E-state index contributed by atoms with van der Waals surface area (Å²) in [6, 6.07) is 17.9. The van der Waals surface area contributed by atoms with Gasteiger partial charge in [0.05, 0.1) is 54.0 Å². The largest absolute Gasteiger partial charge is 0.481 e. The Balaban J connectivity index is 1.23. The Morgan fingerprint density at radius 3 is 2.56 bits per heavy atom. The molecule has 4 aromatic rings. The monoisotopic (exact) mass is 735 g/mol. The first-order valence-electron chi connectivity index (χ1n) is 15.5. The number of halogens is 2. The Bertz CT molecular complexity index is 1870. The number of benzene rings is 2. The Hall–Kier alpha value is -4.23. The van der Waals surface area contributed by atoms with Gasteiger partial charge in [-0.1, -0.05) is 48.0 Å². The molecule has 2 aliphatic rings. The quantitative estimate of drug-likeness (QED) is 0.137. The molecule has 0 saturated heterocycles. The molecule has 0 bridgehead atoms. The predicted molar refractivity (Wildman–Crippen MR) is 186 cm³/mol. The van der Waals surface area contributed by atoms with E-state index in [0.29, 0.717) is 39.4 Å². The number of ether oxygens (including phenoxy) is 3. The highest BCUT2D eigenvalue weighted by molar-refractivity contribution is 9.10. The van der Waals surface area contributed by atoms with Crippen molar-refractivity contribution in [1.82, 2.24) is 20.6 Å². The summed E-state index contributed by atoms with van der Waals surface area (Å²) >= 11 is 10.7. The lowest BCUT2D eigenvalue weighted by Gasteiger charge is -2.18. The number of methoxy groups -OCH3 is 2. The first kappa shape index (κ1) is 33.7. The number of aliphatic carboxylic acids is 1. The van der Waals surface area contributed by atoms with Crippen LogP contribution in [0.3, 0.4) is 0 Å². The van der Waals surface area contributed by atoms with Crippen LogP contribution in [0.1, 0.15) is 41.2 Å². The third-order valence-corrected chi connectivity index (χ3v) is 9.27. The standard InChI is InChI=1S/C35H35BrClN5O6/c1-46-33-19(17-38-18-20(43)16-30(44)45)15-27(36)35(42-33)48-29-12-10-22-21(5-3-6-23(22)29)24-7-4-8-25(31(24)37)28-11-9-26(34(41-28)47-2)32-39-13-14-40-32/h3-9,11,15,20,29,38,43H,10,12-14,16-18H2,1-2H3,(H,39,40)(H,44,45)/t20-,29-/m0/s1. The lowest BCUT2D eigenvalue weighted by atomic mass is 9.94. The molecule has 2 aromatic carbocycles. The van der Waals surface area contributed by atoms with E-state index in [9.17, 15) is 9.90 Å². The molecule has 13 heteroatoms. The summed E-state index contributed by atoms with van der Waals surface area (Å²) < 4.78 is 18.3. The van der Waals surface area contributed by atoms with Crippen molar-refractivity contribution in [3.05, 3.63) is 86.3 Å². The normalized spacial score (nSPS) is 15.8. The number of nitrogens with one attached hydrogen (secondary N) is 2. The van der Waals surface area contributed by atoms with Gasteiger partial charge in [0.1, 0.15) is 11.9 Å². The van der Waals surface area contributed by atoms with Gasteiger partial charge in [-0.2, -0.15) is 4.98 Å². The van der Waals surface area contributed by atoms with Crippen LogP contribution in [0, 0.1) is 0 Å². The minimum Gasteiger partial charge on any atom is -0.481 e. The molecule has 2 atom stereocenters. The zero-order chi connectivity index (χ0) is 33.8. The van der Waals surface area contributed by atoms with Gasteiger partial charge >= 0.3 is 5.97 Å². The van der Waals surface area contributed by atoms with Crippen LogP contribution in [-0.2, 0) is 17.8 Å². The van der Waals surface area contributed by atoms with Crippen LogP contribution in [0.2, 0.25) is 5.02 Å². The molecular formula is C35H35BrClN5O6. The van der Waals surface area contributed by atoms with Gasteiger partial charge in [0.15, 0.2) is 0 Å². The molecule has 0 radical (unpaired) electrons. The van der Waals surface area contributed by atoms with Gasteiger partial charge in [0.25, 0.3) is 0 Å². The highest BCUT2D eigenvalue weighted by Gasteiger charge is 2.29. The molecule has 0 amide bonds. The maximum Gasteiger partial charge on any atom is 0.306 e. The van der Waals surface area contributed by atoms with Gasteiger partial charge < -0.3 is 35.1 Å². The van der Waals surface area contributed by atoms with Crippen molar-refractivity contribution < 1.29 is 29.2 Å². The maximum atomic E-state index is 10.8. The van der Waals surface area contributed by atoms with Crippen molar-refractivity contribution in [2.45, 2.75) is 38.0 Å². The molecule has 4 N–H and O–H groups in total. The number of carboxylic acid groups (broad SMARTS) is 1. The number of amidine groups is 1. The van der Waals surface area contributed by atoms with E-state index in [-0.39, 0.29) is 19.1 Å². The van der Waals surface area contributed by atoms with Crippen molar-refractivity contribution in [3.63, 3.8) is 0 Å². The summed E-state index contributed by atoms with van der Waals surface area (Å²) in [5.41, 5.74) is 7.22. The van der Waals surface area contributed by atoms with Crippen molar-refractivity contribution in [2.75, 3.05) is 33.9 Å². The van der Waals surface area contributed by atoms with Crippen molar-refractivity contribution in [3.8, 4) is 40.0 Å². The second-order valence-corrected chi connectivity index (χ2v) is 12.7. The molecule has 48 heavy (non-hydrogen) atoms. The molecule has 0 spiro atoms. The molecule has 1 aliphatic carbocycles. The smallest absolute Gasteiger partial charge is 0.306 e. The van der Waals surface area contributed by atoms with E-state index in [4.69, 9.17) is 35.9 Å². The number of aromatic nitrogens is 2. The van der Waals surface area contributed by atoms with Gasteiger partial charge in [-0.3, -0.25) is 9.79 Å². The van der Waals surface area contributed by atoms with Crippen LogP contribution in [0.5, 0.6) is 17.6 Å². The number of pyridine rings is 2. The van der Waals surface area contributed by atoms with Gasteiger partial charge in [0, 0.05) is 36.3 Å². The first-order valence-corrected chi connectivity index (χ1v) is 16.7. The molecule has 11 nitrogen and oxygen atoms in total. The minimum absolute atomic E-state index is 0.115. The first-order chi connectivity index (χ1) is 23.3. The summed E-state index contributed by atoms with van der Waals surface area (Å²) in [6.07, 6.45) is -0.0313. The number of hydrogen-bond donors (Lipinski definition) is 4. The highest BCUT2D eigenvalue weighted by Crippen LogP contribution is 2.44. The Kier molecular flexibility index (Phi) is 10.4. The highest BCUT2D eigenvalue weighted by atomic mass is 79.9. The summed E-state index contributed by atoms with van der Waals surface area (Å²) in [6.45, 7) is 1.95. The number of nitrogens with zero attached hydrogens (tertiary/aromatic N) is 3. The van der Waals surface area contributed by atoms with E-state index in [1.54, 1.807) is 7.11 Å². The third kappa shape index (κ3) is 7.12. The van der Waals surface area contributed by atoms with E-state index >= 15 is 0 Å². The molecular weight excluding hydrogens is 702 g/mol. The molecule has 0 unspecified atom stereocenters. The summed E-state index contributed by atoms with van der Waals surface area (Å²) in [4.78, 5) is 24.7. The Morgan fingerprint density at radius 2 is 1.81 bits per heavy atom. The summed E-state index contributed by atoms with van der Waals surface area (Å²) in [5, 5.41) is 25.6. The van der Waals surface area contributed by atoms with Gasteiger partial charge in [-0.05, 0) is 63.7 Å². The third-order valence-electron chi connectivity index (χ3n) is 8.30. The van der Waals surface area contributed by atoms with Gasteiger partial charge in [0.2, 0.25) is 17.6 Å². The van der Waals surface area contributed by atoms with E-state index < -0.39 is 12.1 Å². The fourth-order valence-corrected chi connectivity index (χ4v) is 6.88. The predicted octanol–water partition coefficient (Wildman–Crippen LogP) is 5.59. The van der Waals surface area contributed by atoms with Crippen molar-refractivity contribution in [1.29, 1.82) is 0 Å². The van der Waals surface area contributed by atoms with Crippen LogP contribution >= 0.6 is 27.5 Å². The van der Waals surface area contributed by atoms with E-state index in [2.05, 4.69) is 48.7 Å². The van der Waals surface area contributed by atoms with E-state index in [1.807, 2.05) is 42.5 Å². The molecule has 0 fully saturated rings. The van der Waals surface area contributed by atoms with Gasteiger partial charge in [-0.25, -0.2) is 4.98 Å². The van der Waals surface area contributed by atoms with Crippen LogP contribution in [-0.4, -0.2) is 71.9 Å². The number of carbonyl (C=O) groups is 1. The Morgan fingerprint density at radius 1 is 1.04 bits per heavy atom. The maximum absolute atomic E-state index is 10.8. The Labute approximate surface area is 291 Å². The average Bonchev–Trinajstić information content (AvgIpc) is 3.76. The van der Waals surface area contributed by atoms with Crippen LogP contribution in [0.15, 0.2) is 64.1 Å². The molecule has 0 saturated carbocycles. The minimum atomic E-state index is -1.06. The van der Waals surface area contributed by atoms with Crippen molar-refractivity contribution in [2.24, 2.45) is 4.99 Å². The topological polar surface area (TPSA) is 147 Å².